The first kappa shape index (κ1) is 25.4. The molecule has 0 radical (unpaired) electrons. The van der Waals surface area contributed by atoms with Crippen LogP contribution in [0, 0.1) is 17.8 Å². The van der Waals surface area contributed by atoms with Gasteiger partial charge in [-0.1, -0.05) is 20.8 Å². The number of piperazine rings is 1. The molecule has 0 spiro atoms. The number of piperidine rings is 1. The van der Waals surface area contributed by atoms with Crippen LogP contribution in [0.5, 0.6) is 0 Å². The minimum atomic E-state index is 0. The van der Waals surface area contributed by atoms with E-state index >= 15 is 0 Å². The SMILES string of the molecule is CNCC(C)C(=O)N1CCN(CC(=O)N2CC(C)CC(C)C2)CC1.Cl.Cl. The van der Waals surface area contributed by atoms with E-state index < -0.39 is 0 Å². The second-order valence-corrected chi connectivity index (χ2v) is 7.80. The Labute approximate surface area is 170 Å². The van der Waals surface area contributed by atoms with Gasteiger partial charge in [0, 0.05) is 51.7 Å². The Hall–Kier alpha value is -0.560. The molecule has 0 aromatic rings. The molecule has 2 rings (SSSR count). The minimum absolute atomic E-state index is 0. The molecule has 0 aliphatic carbocycles. The van der Waals surface area contributed by atoms with Gasteiger partial charge in [0.15, 0.2) is 0 Å². The maximum absolute atomic E-state index is 12.6. The van der Waals surface area contributed by atoms with Gasteiger partial charge in [0.25, 0.3) is 0 Å². The van der Waals surface area contributed by atoms with Crippen molar-refractivity contribution in [2.24, 2.45) is 17.8 Å². The highest BCUT2D eigenvalue weighted by Gasteiger charge is 2.29. The molecule has 2 heterocycles. The third kappa shape index (κ3) is 7.22. The molecule has 0 bridgehead atoms. The van der Waals surface area contributed by atoms with Crippen molar-refractivity contribution in [2.45, 2.75) is 27.2 Å². The van der Waals surface area contributed by atoms with Crippen molar-refractivity contribution in [3.63, 3.8) is 0 Å². The molecule has 2 amide bonds. The average molecular weight is 411 g/mol. The first-order chi connectivity index (χ1) is 11.4. The summed E-state index contributed by atoms with van der Waals surface area (Å²) in [5.74, 6) is 1.67. The molecule has 154 valence electrons. The maximum atomic E-state index is 12.6. The van der Waals surface area contributed by atoms with Gasteiger partial charge < -0.3 is 15.1 Å². The second kappa shape index (κ2) is 12.0. The summed E-state index contributed by atoms with van der Waals surface area (Å²) in [6.07, 6.45) is 1.22. The Balaban J connectivity index is 0.00000312. The summed E-state index contributed by atoms with van der Waals surface area (Å²) >= 11 is 0. The van der Waals surface area contributed by atoms with E-state index in [2.05, 4.69) is 24.1 Å². The van der Waals surface area contributed by atoms with E-state index in [0.717, 1.165) is 39.3 Å². The lowest BCUT2D eigenvalue weighted by Gasteiger charge is -2.39. The van der Waals surface area contributed by atoms with Gasteiger partial charge in [-0.2, -0.15) is 0 Å². The summed E-state index contributed by atoms with van der Waals surface area (Å²) in [6, 6.07) is 0. The van der Waals surface area contributed by atoms with E-state index in [1.807, 2.05) is 23.8 Å². The number of likely N-dealkylation sites (tertiary alicyclic amines) is 1. The number of halogens is 2. The van der Waals surface area contributed by atoms with Gasteiger partial charge >= 0.3 is 0 Å². The molecule has 2 fully saturated rings. The maximum Gasteiger partial charge on any atom is 0.236 e. The van der Waals surface area contributed by atoms with Crippen LogP contribution in [0.25, 0.3) is 0 Å². The molecular weight excluding hydrogens is 375 g/mol. The predicted octanol–water partition coefficient (Wildman–Crippen LogP) is 1.33. The molecule has 2 aliphatic heterocycles. The van der Waals surface area contributed by atoms with E-state index in [1.165, 1.54) is 6.42 Å². The Morgan fingerprint density at radius 1 is 1.00 bits per heavy atom. The normalized spacial score (nSPS) is 25.1. The molecule has 26 heavy (non-hydrogen) atoms. The molecule has 3 atom stereocenters. The smallest absolute Gasteiger partial charge is 0.236 e. The Bertz CT molecular complexity index is 435. The fourth-order valence-electron chi connectivity index (χ4n) is 3.99. The van der Waals surface area contributed by atoms with Crippen molar-refractivity contribution in [1.82, 2.24) is 20.0 Å². The molecule has 0 saturated carbocycles. The summed E-state index contributed by atoms with van der Waals surface area (Å²) in [5, 5.41) is 3.06. The highest BCUT2D eigenvalue weighted by atomic mass is 35.5. The molecule has 3 unspecified atom stereocenters. The molecule has 0 aromatic heterocycles. The number of nitrogens with one attached hydrogen (secondary N) is 1. The number of amides is 2. The standard InChI is InChI=1S/C18H34N4O2.2ClH/c1-14-9-15(2)12-22(11-14)17(23)13-20-5-7-21(8-6-20)18(24)16(3)10-19-4;;/h14-16,19H,5-13H2,1-4H3;2*1H. The van der Waals surface area contributed by atoms with Gasteiger partial charge in [-0.05, 0) is 25.3 Å². The van der Waals surface area contributed by atoms with E-state index in [4.69, 9.17) is 0 Å². The third-order valence-corrected chi connectivity index (χ3v) is 5.20. The van der Waals surface area contributed by atoms with Gasteiger partial charge in [-0.15, -0.1) is 24.8 Å². The fourth-order valence-corrected chi connectivity index (χ4v) is 3.99. The van der Waals surface area contributed by atoms with Crippen LogP contribution in [0.2, 0.25) is 0 Å². The molecule has 8 heteroatoms. The molecular formula is C18H36Cl2N4O2. The first-order valence-electron chi connectivity index (χ1n) is 9.34. The second-order valence-electron chi connectivity index (χ2n) is 7.80. The lowest BCUT2D eigenvalue weighted by atomic mass is 9.92. The van der Waals surface area contributed by atoms with Crippen LogP contribution in [0.3, 0.4) is 0 Å². The largest absolute Gasteiger partial charge is 0.341 e. The van der Waals surface area contributed by atoms with Crippen LogP contribution in [0.15, 0.2) is 0 Å². The zero-order valence-electron chi connectivity index (χ0n) is 16.6. The number of hydrogen-bond donors (Lipinski definition) is 1. The van der Waals surface area contributed by atoms with E-state index in [-0.39, 0.29) is 42.5 Å². The summed E-state index contributed by atoms with van der Waals surface area (Å²) < 4.78 is 0. The third-order valence-electron chi connectivity index (χ3n) is 5.20. The van der Waals surface area contributed by atoms with Crippen molar-refractivity contribution < 1.29 is 9.59 Å². The van der Waals surface area contributed by atoms with Gasteiger partial charge in [0.1, 0.15) is 0 Å². The van der Waals surface area contributed by atoms with Crippen molar-refractivity contribution in [1.29, 1.82) is 0 Å². The quantitative estimate of drug-likeness (QED) is 0.742. The summed E-state index contributed by atoms with van der Waals surface area (Å²) in [5.41, 5.74) is 0. The minimum Gasteiger partial charge on any atom is -0.341 e. The van der Waals surface area contributed by atoms with Crippen LogP contribution >= 0.6 is 24.8 Å². The molecule has 0 aromatic carbocycles. The van der Waals surface area contributed by atoms with Crippen LogP contribution in [-0.2, 0) is 9.59 Å². The number of rotatable bonds is 5. The average Bonchev–Trinajstić information content (AvgIpc) is 2.54. The first-order valence-corrected chi connectivity index (χ1v) is 9.34. The molecule has 6 nitrogen and oxygen atoms in total. The Morgan fingerprint density at radius 3 is 2.04 bits per heavy atom. The summed E-state index contributed by atoms with van der Waals surface area (Å²) in [4.78, 5) is 31.1. The molecule has 1 N–H and O–H groups in total. The number of hydrogen-bond acceptors (Lipinski definition) is 4. The zero-order valence-corrected chi connectivity index (χ0v) is 18.2. The van der Waals surface area contributed by atoms with E-state index in [1.54, 1.807) is 0 Å². The van der Waals surface area contributed by atoms with Gasteiger partial charge in [-0.25, -0.2) is 0 Å². The van der Waals surface area contributed by atoms with Gasteiger partial charge in [-0.3, -0.25) is 14.5 Å². The molecule has 2 aliphatic rings. The number of carbonyl (C=O) groups excluding carboxylic acids is 2. The summed E-state index contributed by atoms with van der Waals surface area (Å²) in [7, 11) is 1.87. The van der Waals surface area contributed by atoms with Gasteiger partial charge in [0.05, 0.1) is 6.54 Å². The monoisotopic (exact) mass is 410 g/mol. The zero-order chi connectivity index (χ0) is 17.7. The number of carbonyl (C=O) groups is 2. The lowest BCUT2D eigenvalue weighted by molar-refractivity contribution is -0.138. The van der Waals surface area contributed by atoms with Crippen LogP contribution < -0.4 is 5.32 Å². The van der Waals surface area contributed by atoms with E-state index in [9.17, 15) is 9.59 Å². The Morgan fingerprint density at radius 2 is 1.54 bits per heavy atom. The van der Waals surface area contributed by atoms with Crippen molar-refractivity contribution in [3.05, 3.63) is 0 Å². The summed E-state index contributed by atoms with van der Waals surface area (Å²) in [6.45, 7) is 12.5. The molecule has 2 saturated heterocycles. The van der Waals surface area contributed by atoms with Crippen molar-refractivity contribution in [2.75, 3.05) is 59.4 Å². The van der Waals surface area contributed by atoms with E-state index in [0.29, 0.717) is 24.9 Å². The highest BCUT2D eigenvalue weighted by Crippen LogP contribution is 2.21. The Kier molecular flexibility index (Phi) is 11.7. The van der Waals surface area contributed by atoms with Crippen molar-refractivity contribution in [3.8, 4) is 0 Å². The van der Waals surface area contributed by atoms with Crippen LogP contribution in [-0.4, -0.2) is 85.9 Å². The van der Waals surface area contributed by atoms with Gasteiger partial charge in [0.2, 0.25) is 11.8 Å². The topological polar surface area (TPSA) is 55.9 Å². The highest BCUT2D eigenvalue weighted by molar-refractivity contribution is 5.85. The predicted molar refractivity (Wildman–Crippen MR) is 110 cm³/mol. The van der Waals surface area contributed by atoms with Crippen LogP contribution in [0.1, 0.15) is 27.2 Å². The number of nitrogens with zero attached hydrogens (tertiary/aromatic N) is 3. The lowest BCUT2D eigenvalue weighted by Crippen LogP contribution is -2.54. The van der Waals surface area contributed by atoms with Crippen molar-refractivity contribution >= 4 is 36.6 Å². The fraction of sp³-hybridized carbons (Fsp3) is 0.889. The van der Waals surface area contributed by atoms with Crippen LogP contribution in [0.4, 0.5) is 0 Å².